The van der Waals surface area contributed by atoms with E-state index in [0.29, 0.717) is 27.5 Å². The molecule has 1 fully saturated rings. The molecule has 2 aromatic carbocycles. The fourth-order valence-corrected chi connectivity index (χ4v) is 4.42. The van der Waals surface area contributed by atoms with Crippen molar-refractivity contribution in [1.29, 1.82) is 5.41 Å². The molecule has 0 aliphatic carbocycles. The Hall–Kier alpha value is -4.08. The van der Waals surface area contributed by atoms with Gasteiger partial charge in [-0.2, -0.15) is 9.78 Å². The van der Waals surface area contributed by atoms with E-state index in [1.807, 2.05) is 20.8 Å². The molecule has 2 heterocycles. The second-order valence-electron chi connectivity index (χ2n) is 10.3. The number of carbonyl (C=O) groups is 1. The molecular weight excluding hydrogens is 478 g/mol. The van der Waals surface area contributed by atoms with Gasteiger partial charge in [0.1, 0.15) is 11.4 Å². The number of benzene rings is 2. The summed E-state index contributed by atoms with van der Waals surface area (Å²) in [7, 11) is 0. The molecule has 1 amide bonds. The number of carbonyl (C=O) groups excluding carboxylic acids is 1. The van der Waals surface area contributed by atoms with E-state index in [1.54, 1.807) is 12.1 Å². The second kappa shape index (κ2) is 10.1. The first kappa shape index (κ1) is 26.0. The van der Waals surface area contributed by atoms with Crippen LogP contribution in [0.25, 0.3) is 5.69 Å². The van der Waals surface area contributed by atoms with E-state index in [9.17, 15) is 18.4 Å². The maximum absolute atomic E-state index is 14.3. The Balaban J connectivity index is 1.75. The first-order chi connectivity index (χ1) is 17.5. The van der Waals surface area contributed by atoms with Gasteiger partial charge in [-0.15, -0.1) is 0 Å². The lowest BCUT2D eigenvalue weighted by molar-refractivity contribution is 0.102. The van der Waals surface area contributed by atoms with Gasteiger partial charge in [-0.1, -0.05) is 13.0 Å². The third-order valence-corrected chi connectivity index (χ3v) is 6.04. The molecule has 37 heavy (non-hydrogen) atoms. The van der Waals surface area contributed by atoms with Gasteiger partial charge in [0.05, 0.1) is 11.4 Å². The summed E-state index contributed by atoms with van der Waals surface area (Å²) in [5.41, 5.74) is 0.677. The molecule has 1 atom stereocenters. The summed E-state index contributed by atoms with van der Waals surface area (Å²) in [6, 6.07) is 8.99. The van der Waals surface area contributed by atoms with Gasteiger partial charge in [0.25, 0.3) is 11.5 Å². The van der Waals surface area contributed by atoms with Crippen molar-refractivity contribution in [2.24, 2.45) is 5.92 Å². The topological polar surface area (TPSA) is 103 Å². The van der Waals surface area contributed by atoms with Crippen LogP contribution in [0, 0.1) is 23.0 Å². The summed E-state index contributed by atoms with van der Waals surface area (Å²) in [6.07, 6.45) is 2.24. The van der Waals surface area contributed by atoms with E-state index in [1.165, 1.54) is 18.3 Å². The average Bonchev–Trinajstić information content (AvgIpc) is 3.25. The first-order valence-corrected chi connectivity index (χ1v) is 12.0. The Labute approximate surface area is 213 Å². The second-order valence-corrected chi connectivity index (χ2v) is 10.3. The number of aromatic nitrogens is 2. The van der Waals surface area contributed by atoms with Crippen LogP contribution in [0.4, 0.5) is 25.8 Å². The number of halogens is 2. The van der Waals surface area contributed by atoms with Crippen molar-refractivity contribution in [3.8, 4) is 5.69 Å². The zero-order valence-electron chi connectivity index (χ0n) is 21.2. The van der Waals surface area contributed by atoms with Crippen molar-refractivity contribution in [2.45, 2.75) is 39.7 Å². The molecule has 0 saturated carbocycles. The Morgan fingerprint density at radius 1 is 1.08 bits per heavy atom. The molecule has 3 aromatic rings. The molecule has 10 heteroatoms. The lowest BCUT2D eigenvalue weighted by atomic mass is 10.0. The molecule has 0 unspecified atom stereocenters. The number of nitrogens with zero attached hydrogens (tertiary/aromatic N) is 3. The highest BCUT2D eigenvalue weighted by Crippen LogP contribution is 2.38. The normalized spacial score (nSPS) is 15.5. The third kappa shape index (κ3) is 5.52. The van der Waals surface area contributed by atoms with Gasteiger partial charge in [0.15, 0.2) is 11.6 Å². The number of para-hydroxylation sites is 1. The van der Waals surface area contributed by atoms with Crippen molar-refractivity contribution >= 4 is 29.2 Å². The molecule has 0 radical (unpaired) electrons. The molecule has 1 aliphatic heterocycles. The predicted molar refractivity (Wildman–Crippen MR) is 141 cm³/mol. The standard InChI is InChI=1S/C27H30F2N6O2/c1-16-12-13-34(15-16)24-17(14-30)20(32-27(2,3)4)8-9-21(24)31-26(37)22-10-11-23(36)35(33-22)25-18(28)6-5-7-19(25)29/h5-11,14,16,30,32H,12-13,15H2,1-4H3,(H,31,37)/t16-/m0/s1. The maximum atomic E-state index is 14.3. The quantitative estimate of drug-likeness (QED) is 0.415. The van der Waals surface area contributed by atoms with Crippen LogP contribution in [0.15, 0.2) is 47.3 Å². The van der Waals surface area contributed by atoms with Gasteiger partial charge >= 0.3 is 0 Å². The van der Waals surface area contributed by atoms with E-state index >= 15 is 0 Å². The van der Waals surface area contributed by atoms with Gasteiger partial charge in [0.2, 0.25) is 0 Å². The molecule has 1 aliphatic rings. The summed E-state index contributed by atoms with van der Waals surface area (Å²) in [5, 5.41) is 18.4. The van der Waals surface area contributed by atoms with E-state index in [-0.39, 0.29) is 11.2 Å². The van der Waals surface area contributed by atoms with E-state index in [2.05, 4.69) is 27.6 Å². The van der Waals surface area contributed by atoms with Crippen molar-refractivity contribution in [1.82, 2.24) is 9.78 Å². The minimum atomic E-state index is -0.977. The molecule has 0 spiro atoms. The molecule has 3 N–H and O–H groups in total. The maximum Gasteiger partial charge on any atom is 0.276 e. The smallest absolute Gasteiger partial charge is 0.276 e. The molecule has 8 nitrogen and oxygen atoms in total. The van der Waals surface area contributed by atoms with Gasteiger partial charge < -0.3 is 20.9 Å². The molecule has 1 saturated heterocycles. The van der Waals surface area contributed by atoms with Crippen molar-refractivity contribution in [3.63, 3.8) is 0 Å². The zero-order valence-corrected chi connectivity index (χ0v) is 21.2. The number of hydrogen-bond acceptors (Lipinski definition) is 6. The van der Waals surface area contributed by atoms with Crippen LogP contribution < -0.4 is 21.1 Å². The monoisotopic (exact) mass is 508 g/mol. The lowest BCUT2D eigenvalue weighted by Crippen LogP contribution is -2.29. The summed E-state index contributed by atoms with van der Waals surface area (Å²) in [4.78, 5) is 27.7. The van der Waals surface area contributed by atoms with Crippen LogP contribution in [0.3, 0.4) is 0 Å². The molecule has 0 bridgehead atoms. The first-order valence-electron chi connectivity index (χ1n) is 12.0. The van der Waals surface area contributed by atoms with Gasteiger partial charge in [-0.3, -0.25) is 9.59 Å². The Kier molecular flexibility index (Phi) is 7.11. The molecule has 194 valence electrons. The summed E-state index contributed by atoms with van der Waals surface area (Å²) < 4.78 is 29.2. The van der Waals surface area contributed by atoms with Crippen molar-refractivity contribution < 1.29 is 13.6 Å². The highest BCUT2D eigenvalue weighted by Gasteiger charge is 2.27. The van der Waals surface area contributed by atoms with E-state index in [4.69, 9.17) is 5.41 Å². The fourth-order valence-electron chi connectivity index (χ4n) is 4.42. The van der Waals surface area contributed by atoms with Crippen LogP contribution in [-0.2, 0) is 0 Å². The summed E-state index contributed by atoms with van der Waals surface area (Å²) in [5.74, 6) is -2.17. The van der Waals surface area contributed by atoms with Crippen molar-refractivity contribution in [2.75, 3.05) is 28.6 Å². The van der Waals surface area contributed by atoms with Crippen LogP contribution in [0.2, 0.25) is 0 Å². The number of nitrogens with one attached hydrogen (secondary N) is 3. The highest BCUT2D eigenvalue weighted by atomic mass is 19.1. The fraction of sp³-hybridized carbons (Fsp3) is 0.333. The third-order valence-electron chi connectivity index (χ3n) is 6.04. The Morgan fingerprint density at radius 2 is 1.76 bits per heavy atom. The number of rotatable bonds is 6. The average molecular weight is 509 g/mol. The van der Waals surface area contributed by atoms with Gasteiger partial charge in [0, 0.05) is 42.2 Å². The molecule has 1 aromatic heterocycles. The minimum absolute atomic E-state index is 0.198. The van der Waals surface area contributed by atoms with Gasteiger partial charge in [-0.25, -0.2) is 8.78 Å². The Morgan fingerprint density at radius 3 is 2.35 bits per heavy atom. The number of anilines is 3. The largest absolute Gasteiger partial charge is 0.380 e. The molecule has 4 rings (SSSR count). The van der Waals surface area contributed by atoms with Crippen LogP contribution >= 0.6 is 0 Å². The molecular formula is C27H30F2N6O2. The summed E-state index contributed by atoms with van der Waals surface area (Å²) in [6.45, 7) is 9.74. The number of hydrogen-bond donors (Lipinski definition) is 3. The van der Waals surface area contributed by atoms with E-state index in [0.717, 1.165) is 43.4 Å². The van der Waals surface area contributed by atoms with Gasteiger partial charge in [-0.05, 0) is 63.4 Å². The predicted octanol–water partition coefficient (Wildman–Crippen LogP) is 4.82. The Bertz CT molecular complexity index is 1390. The van der Waals surface area contributed by atoms with Crippen molar-refractivity contribution in [3.05, 3.63) is 75.7 Å². The zero-order chi connectivity index (χ0) is 26.9. The highest BCUT2D eigenvalue weighted by molar-refractivity contribution is 6.08. The number of amides is 1. The minimum Gasteiger partial charge on any atom is -0.380 e. The van der Waals surface area contributed by atoms with Crippen LogP contribution in [-0.4, -0.2) is 40.5 Å². The van der Waals surface area contributed by atoms with Crippen LogP contribution in [0.1, 0.15) is 50.2 Å². The SMILES string of the molecule is C[C@H]1CCN(c2c(NC(=O)c3ccc(=O)n(-c4c(F)cccc4F)n3)ccc(NC(C)(C)C)c2C=N)C1. The van der Waals surface area contributed by atoms with E-state index < -0.39 is 28.8 Å². The lowest BCUT2D eigenvalue weighted by Gasteiger charge is -2.29. The summed E-state index contributed by atoms with van der Waals surface area (Å²) >= 11 is 0. The van der Waals surface area contributed by atoms with Crippen LogP contribution in [0.5, 0.6) is 0 Å².